The van der Waals surface area contributed by atoms with Crippen LogP contribution < -0.4 is 0 Å². The van der Waals surface area contributed by atoms with E-state index in [-0.39, 0.29) is 5.97 Å². The standard InChI is InChI=1S/C15H28N4O2/c1-6-19(10-8-9-17(3)4)12-14-13(11-16-18(14)5)15(20)21-7-2/h11H,6-10,12H2,1-5H3. The van der Waals surface area contributed by atoms with Crippen molar-refractivity contribution in [2.45, 2.75) is 26.8 Å². The van der Waals surface area contributed by atoms with E-state index in [9.17, 15) is 4.79 Å². The highest BCUT2D eigenvalue weighted by Crippen LogP contribution is 2.12. The van der Waals surface area contributed by atoms with Crippen molar-refractivity contribution < 1.29 is 9.53 Å². The van der Waals surface area contributed by atoms with Gasteiger partial charge in [-0.2, -0.15) is 5.10 Å². The third-order valence-electron chi connectivity index (χ3n) is 3.46. The first-order valence-corrected chi connectivity index (χ1v) is 7.54. The van der Waals surface area contributed by atoms with Crippen LogP contribution in [0.2, 0.25) is 0 Å². The van der Waals surface area contributed by atoms with Crippen molar-refractivity contribution in [3.63, 3.8) is 0 Å². The van der Waals surface area contributed by atoms with Gasteiger partial charge in [0.15, 0.2) is 0 Å². The van der Waals surface area contributed by atoms with E-state index in [0.29, 0.717) is 18.7 Å². The van der Waals surface area contributed by atoms with Crippen LogP contribution in [-0.4, -0.2) is 65.9 Å². The molecule has 120 valence electrons. The number of aryl methyl sites for hydroxylation is 1. The Balaban J connectivity index is 2.70. The summed E-state index contributed by atoms with van der Waals surface area (Å²) < 4.78 is 6.86. The Morgan fingerprint density at radius 3 is 2.62 bits per heavy atom. The zero-order chi connectivity index (χ0) is 15.8. The zero-order valence-electron chi connectivity index (χ0n) is 13.9. The maximum absolute atomic E-state index is 12.0. The molecule has 21 heavy (non-hydrogen) atoms. The molecular weight excluding hydrogens is 268 g/mol. The minimum atomic E-state index is -0.287. The summed E-state index contributed by atoms with van der Waals surface area (Å²) in [6.45, 7) is 8.06. The summed E-state index contributed by atoms with van der Waals surface area (Å²) in [6.07, 6.45) is 2.70. The quantitative estimate of drug-likeness (QED) is 0.644. The van der Waals surface area contributed by atoms with Crippen LogP contribution in [0.5, 0.6) is 0 Å². The Hall–Kier alpha value is -1.40. The van der Waals surface area contributed by atoms with Crippen LogP contribution in [0.15, 0.2) is 6.20 Å². The van der Waals surface area contributed by atoms with Crippen molar-refractivity contribution in [1.82, 2.24) is 19.6 Å². The second kappa shape index (κ2) is 8.79. The number of hydrogen-bond donors (Lipinski definition) is 0. The lowest BCUT2D eigenvalue weighted by Crippen LogP contribution is -2.28. The summed E-state index contributed by atoms with van der Waals surface area (Å²) in [5.41, 5.74) is 1.49. The third-order valence-corrected chi connectivity index (χ3v) is 3.46. The summed E-state index contributed by atoms with van der Waals surface area (Å²) >= 11 is 0. The van der Waals surface area contributed by atoms with Gasteiger partial charge in [-0.1, -0.05) is 6.92 Å². The largest absolute Gasteiger partial charge is 0.462 e. The van der Waals surface area contributed by atoms with Crippen LogP contribution in [0.1, 0.15) is 36.3 Å². The second-order valence-electron chi connectivity index (χ2n) is 5.37. The molecule has 0 radical (unpaired) electrons. The maximum atomic E-state index is 12.0. The Labute approximate surface area is 127 Å². The molecule has 6 nitrogen and oxygen atoms in total. The van der Waals surface area contributed by atoms with Crippen molar-refractivity contribution in [2.75, 3.05) is 40.3 Å². The summed E-state index contributed by atoms with van der Waals surface area (Å²) in [5.74, 6) is -0.287. The topological polar surface area (TPSA) is 50.6 Å². The molecular formula is C15H28N4O2. The molecule has 0 unspecified atom stereocenters. The smallest absolute Gasteiger partial charge is 0.341 e. The summed E-state index contributed by atoms with van der Waals surface area (Å²) in [7, 11) is 6.03. The van der Waals surface area contributed by atoms with Gasteiger partial charge >= 0.3 is 5.97 Å². The van der Waals surface area contributed by atoms with Gasteiger partial charge in [0.1, 0.15) is 5.56 Å². The van der Waals surface area contributed by atoms with Gasteiger partial charge in [0, 0.05) is 13.6 Å². The first-order chi connectivity index (χ1) is 9.99. The van der Waals surface area contributed by atoms with E-state index in [1.165, 1.54) is 0 Å². The summed E-state index contributed by atoms with van der Waals surface area (Å²) in [6, 6.07) is 0. The molecule has 0 aromatic carbocycles. The number of carbonyl (C=O) groups is 1. The molecule has 0 spiro atoms. The normalized spacial score (nSPS) is 11.4. The minimum Gasteiger partial charge on any atom is -0.462 e. The fourth-order valence-corrected chi connectivity index (χ4v) is 2.20. The van der Waals surface area contributed by atoms with E-state index in [1.54, 1.807) is 10.9 Å². The van der Waals surface area contributed by atoms with Gasteiger partial charge in [-0.25, -0.2) is 4.79 Å². The highest BCUT2D eigenvalue weighted by atomic mass is 16.5. The molecule has 0 amide bonds. The molecule has 0 atom stereocenters. The minimum absolute atomic E-state index is 0.287. The predicted octanol–water partition coefficient (Wildman–Crippen LogP) is 1.37. The van der Waals surface area contributed by atoms with Gasteiger partial charge in [-0.3, -0.25) is 9.58 Å². The number of ether oxygens (including phenoxy) is 1. The van der Waals surface area contributed by atoms with Gasteiger partial charge in [-0.05, 0) is 47.1 Å². The van der Waals surface area contributed by atoms with Crippen LogP contribution in [0.25, 0.3) is 0 Å². The first kappa shape index (κ1) is 17.7. The molecule has 1 heterocycles. The maximum Gasteiger partial charge on any atom is 0.341 e. The highest BCUT2D eigenvalue weighted by Gasteiger charge is 2.18. The van der Waals surface area contributed by atoms with Crippen LogP contribution in [0, 0.1) is 0 Å². The number of rotatable bonds is 9. The van der Waals surface area contributed by atoms with Crippen molar-refractivity contribution in [3.05, 3.63) is 17.5 Å². The van der Waals surface area contributed by atoms with Gasteiger partial charge in [0.25, 0.3) is 0 Å². The third kappa shape index (κ3) is 5.47. The van der Waals surface area contributed by atoms with Crippen molar-refractivity contribution in [2.24, 2.45) is 7.05 Å². The van der Waals surface area contributed by atoms with Gasteiger partial charge in [-0.15, -0.1) is 0 Å². The van der Waals surface area contributed by atoms with E-state index in [4.69, 9.17) is 4.74 Å². The van der Waals surface area contributed by atoms with Gasteiger partial charge in [0.05, 0.1) is 18.5 Å². The number of aromatic nitrogens is 2. The Bertz CT molecular complexity index is 443. The molecule has 1 aromatic heterocycles. The van der Waals surface area contributed by atoms with Crippen LogP contribution >= 0.6 is 0 Å². The van der Waals surface area contributed by atoms with Crippen molar-refractivity contribution in [3.8, 4) is 0 Å². The molecule has 0 N–H and O–H groups in total. The van der Waals surface area contributed by atoms with E-state index in [1.807, 2.05) is 14.0 Å². The molecule has 0 aliphatic carbocycles. The lowest BCUT2D eigenvalue weighted by atomic mass is 10.2. The molecule has 0 aliphatic rings. The fourth-order valence-electron chi connectivity index (χ4n) is 2.20. The molecule has 1 aromatic rings. The van der Waals surface area contributed by atoms with Gasteiger partial charge < -0.3 is 9.64 Å². The molecule has 0 fully saturated rings. The predicted molar refractivity (Wildman–Crippen MR) is 83.3 cm³/mol. The molecule has 1 rings (SSSR count). The first-order valence-electron chi connectivity index (χ1n) is 7.54. The van der Waals surface area contributed by atoms with E-state index >= 15 is 0 Å². The average Bonchev–Trinajstić information content (AvgIpc) is 2.79. The van der Waals surface area contributed by atoms with Crippen molar-refractivity contribution in [1.29, 1.82) is 0 Å². The Morgan fingerprint density at radius 2 is 2.05 bits per heavy atom. The highest BCUT2D eigenvalue weighted by molar-refractivity contribution is 5.90. The lowest BCUT2D eigenvalue weighted by Gasteiger charge is -2.22. The molecule has 0 saturated heterocycles. The van der Waals surface area contributed by atoms with Crippen LogP contribution in [0.4, 0.5) is 0 Å². The van der Waals surface area contributed by atoms with Crippen LogP contribution in [-0.2, 0) is 18.3 Å². The second-order valence-corrected chi connectivity index (χ2v) is 5.37. The van der Waals surface area contributed by atoms with Gasteiger partial charge in [0.2, 0.25) is 0 Å². The number of hydrogen-bond acceptors (Lipinski definition) is 5. The lowest BCUT2D eigenvalue weighted by molar-refractivity contribution is 0.0523. The number of esters is 1. The fraction of sp³-hybridized carbons (Fsp3) is 0.733. The number of carbonyl (C=O) groups excluding carboxylic acids is 1. The monoisotopic (exact) mass is 296 g/mol. The zero-order valence-corrected chi connectivity index (χ0v) is 13.9. The molecule has 0 saturated carbocycles. The average molecular weight is 296 g/mol. The molecule has 6 heteroatoms. The van der Waals surface area contributed by atoms with E-state index < -0.39 is 0 Å². The van der Waals surface area contributed by atoms with Crippen LogP contribution in [0.3, 0.4) is 0 Å². The molecule has 0 aliphatic heterocycles. The number of nitrogens with zero attached hydrogens (tertiary/aromatic N) is 4. The summed E-state index contributed by atoms with van der Waals surface area (Å²) in [5, 5.41) is 4.20. The van der Waals surface area contributed by atoms with Crippen molar-refractivity contribution >= 4 is 5.97 Å². The summed E-state index contributed by atoms with van der Waals surface area (Å²) in [4.78, 5) is 16.5. The van der Waals surface area contributed by atoms with E-state index in [0.717, 1.165) is 31.7 Å². The Kier molecular flexibility index (Phi) is 7.39. The SMILES string of the molecule is CCOC(=O)c1cnn(C)c1CN(CC)CCCN(C)C. The Morgan fingerprint density at radius 1 is 1.33 bits per heavy atom. The molecule has 0 bridgehead atoms. The van der Waals surface area contributed by atoms with E-state index in [2.05, 4.69) is 35.9 Å².